The van der Waals surface area contributed by atoms with E-state index in [1.54, 1.807) is 36.4 Å². The predicted octanol–water partition coefficient (Wildman–Crippen LogP) is 7.82. The molecular weight excluding hydrogens is 608 g/mol. The maximum atomic E-state index is 13.0. The zero-order chi connectivity index (χ0) is 24.2. The van der Waals surface area contributed by atoms with Gasteiger partial charge in [0.05, 0.1) is 20.8 Å². The molecule has 0 saturated carbocycles. The van der Waals surface area contributed by atoms with E-state index in [2.05, 4.69) is 22.6 Å². The quantitative estimate of drug-likeness (QED) is 0.198. The number of halogens is 3. The van der Waals surface area contributed by atoms with Crippen LogP contribution >= 0.6 is 57.6 Å². The highest BCUT2D eigenvalue weighted by molar-refractivity contribution is 14.1. The van der Waals surface area contributed by atoms with E-state index in [1.807, 2.05) is 37.3 Å². The fourth-order valence-electron chi connectivity index (χ4n) is 3.27. The number of thioether (sulfide) groups is 1. The standard InChI is InChI=1S/C25H18Cl2INO4S/c1-2-32-21-12-15(11-20(28)23(21)33-14-16-5-3-4-6-19(16)27)13-22-24(30)29(25(31)34-22)18-9-7-17(26)8-10-18/h3-13H,2,14H2,1H3/b22-13+. The molecular formula is C25H18Cl2INO4S. The van der Waals surface area contributed by atoms with Gasteiger partial charge >= 0.3 is 0 Å². The summed E-state index contributed by atoms with van der Waals surface area (Å²) in [6.45, 7) is 2.61. The minimum Gasteiger partial charge on any atom is -0.490 e. The van der Waals surface area contributed by atoms with Gasteiger partial charge in [0.25, 0.3) is 11.1 Å². The van der Waals surface area contributed by atoms with Crippen LogP contribution in [0.25, 0.3) is 6.08 Å². The maximum absolute atomic E-state index is 13.0. The lowest BCUT2D eigenvalue weighted by molar-refractivity contribution is -0.113. The molecule has 3 aromatic rings. The second-order valence-electron chi connectivity index (χ2n) is 7.14. The molecule has 9 heteroatoms. The van der Waals surface area contributed by atoms with Gasteiger partial charge in [-0.2, -0.15) is 0 Å². The van der Waals surface area contributed by atoms with Crippen molar-refractivity contribution in [2.75, 3.05) is 11.5 Å². The molecule has 2 amide bonds. The van der Waals surface area contributed by atoms with Gasteiger partial charge in [0.2, 0.25) is 0 Å². The molecule has 0 aliphatic carbocycles. The van der Waals surface area contributed by atoms with Crippen LogP contribution in [0.4, 0.5) is 10.5 Å². The molecule has 4 rings (SSSR count). The number of ether oxygens (including phenoxy) is 2. The Balaban J connectivity index is 1.60. The number of amides is 2. The number of rotatable bonds is 7. The first-order valence-electron chi connectivity index (χ1n) is 10.2. The minimum atomic E-state index is -0.385. The smallest absolute Gasteiger partial charge is 0.298 e. The van der Waals surface area contributed by atoms with Crippen LogP contribution < -0.4 is 14.4 Å². The molecule has 0 spiro atoms. The van der Waals surface area contributed by atoms with Crippen molar-refractivity contribution in [1.82, 2.24) is 0 Å². The van der Waals surface area contributed by atoms with Crippen LogP contribution in [0.5, 0.6) is 11.5 Å². The van der Waals surface area contributed by atoms with E-state index < -0.39 is 0 Å². The molecule has 174 valence electrons. The number of carbonyl (C=O) groups excluding carboxylic acids is 2. The SMILES string of the molecule is CCOc1cc(/C=C2/SC(=O)N(c3ccc(Cl)cc3)C2=O)cc(I)c1OCc1ccccc1Cl. The average Bonchev–Trinajstić information content (AvgIpc) is 3.08. The summed E-state index contributed by atoms with van der Waals surface area (Å²) in [6.07, 6.45) is 1.68. The summed E-state index contributed by atoms with van der Waals surface area (Å²) in [5.74, 6) is 0.753. The van der Waals surface area contributed by atoms with E-state index in [1.165, 1.54) is 0 Å². The Hall–Kier alpha value is -2.20. The molecule has 0 unspecified atom stereocenters. The monoisotopic (exact) mass is 625 g/mol. The Morgan fingerprint density at radius 1 is 1.03 bits per heavy atom. The first-order valence-corrected chi connectivity index (χ1v) is 12.9. The van der Waals surface area contributed by atoms with E-state index in [0.29, 0.717) is 38.7 Å². The number of carbonyl (C=O) groups is 2. The van der Waals surface area contributed by atoms with Gasteiger partial charge < -0.3 is 9.47 Å². The van der Waals surface area contributed by atoms with Crippen LogP contribution in [0.1, 0.15) is 18.1 Å². The lowest BCUT2D eigenvalue weighted by Gasteiger charge is -2.15. The first kappa shape index (κ1) is 24.9. The summed E-state index contributed by atoms with van der Waals surface area (Å²) in [4.78, 5) is 27.0. The van der Waals surface area contributed by atoms with E-state index in [0.717, 1.165) is 31.4 Å². The van der Waals surface area contributed by atoms with E-state index >= 15 is 0 Å². The van der Waals surface area contributed by atoms with E-state index in [-0.39, 0.29) is 17.8 Å². The topological polar surface area (TPSA) is 55.8 Å². The average molecular weight is 626 g/mol. The van der Waals surface area contributed by atoms with Crippen molar-refractivity contribution in [2.24, 2.45) is 0 Å². The van der Waals surface area contributed by atoms with Gasteiger partial charge in [0.1, 0.15) is 6.61 Å². The minimum absolute atomic E-state index is 0.287. The Morgan fingerprint density at radius 2 is 1.76 bits per heavy atom. The Labute approximate surface area is 225 Å². The second-order valence-corrected chi connectivity index (χ2v) is 10.1. The highest BCUT2D eigenvalue weighted by Crippen LogP contribution is 2.39. The molecule has 1 saturated heterocycles. The summed E-state index contributed by atoms with van der Waals surface area (Å²) in [7, 11) is 0. The van der Waals surface area contributed by atoms with E-state index in [9.17, 15) is 9.59 Å². The number of hydrogen-bond acceptors (Lipinski definition) is 5. The summed E-state index contributed by atoms with van der Waals surface area (Å²) in [6, 6.07) is 17.7. The molecule has 1 aliphatic rings. The van der Waals surface area contributed by atoms with Gasteiger partial charge in [-0.1, -0.05) is 41.4 Å². The molecule has 0 aromatic heterocycles. The largest absolute Gasteiger partial charge is 0.490 e. The molecule has 34 heavy (non-hydrogen) atoms. The van der Waals surface area contributed by atoms with Crippen molar-refractivity contribution >= 4 is 80.5 Å². The fourth-order valence-corrected chi connectivity index (χ4v) is 5.21. The van der Waals surface area contributed by atoms with Crippen molar-refractivity contribution in [3.8, 4) is 11.5 Å². The van der Waals surface area contributed by atoms with Crippen LogP contribution in [0.3, 0.4) is 0 Å². The summed E-state index contributed by atoms with van der Waals surface area (Å²) >= 11 is 15.2. The highest BCUT2D eigenvalue weighted by atomic mass is 127. The molecule has 0 radical (unpaired) electrons. The molecule has 1 aliphatic heterocycles. The number of nitrogens with zero attached hydrogens (tertiary/aromatic N) is 1. The van der Waals surface area contributed by atoms with Crippen molar-refractivity contribution in [3.05, 3.63) is 90.3 Å². The number of benzene rings is 3. The second kappa shape index (κ2) is 11.0. The van der Waals surface area contributed by atoms with Gasteiger partial charge in [0.15, 0.2) is 11.5 Å². The van der Waals surface area contributed by atoms with Gasteiger partial charge in [-0.15, -0.1) is 0 Å². The summed E-state index contributed by atoms with van der Waals surface area (Å²) < 4.78 is 12.7. The number of imide groups is 1. The summed E-state index contributed by atoms with van der Waals surface area (Å²) in [5, 5.41) is 0.794. The number of hydrogen-bond donors (Lipinski definition) is 0. The lowest BCUT2D eigenvalue weighted by atomic mass is 10.1. The number of anilines is 1. The molecule has 0 atom stereocenters. The summed E-state index contributed by atoms with van der Waals surface area (Å²) in [5.41, 5.74) is 2.06. The third-order valence-corrected chi connectivity index (χ3v) is 7.13. The maximum Gasteiger partial charge on any atom is 0.298 e. The zero-order valence-corrected chi connectivity index (χ0v) is 22.4. The van der Waals surface area contributed by atoms with Gasteiger partial charge in [-0.05, 0) is 95.4 Å². The molecule has 5 nitrogen and oxygen atoms in total. The van der Waals surface area contributed by atoms with Crippen molar-refractivity contribution in [1.29, 1.82) is 0 Å². The van der Waals surface area contributed by atoms with Crippen molar-refractivity contribution < 1.29 is 19.1 Å². The van der Waals surface area contributed by atoms with E-state index in [4.69, 9.17) is 32.7 Å². The van der Waals surface area contributed by atoms with Gasteiger partial charge in [-0.25, -0.2) is 4.90 Å². The van der Waals surface area contributed by atoms with Crippen LogP contribution in [-0.2, 0) is 11.4 Å². The predicted molar refractivity (Wildman–Crippen MR) is 146 cm³/mol. The van der Waals surface area contributed by atoms with Crippen molar-refractivity contribution in [3.63, 3.8) is 0 Å². The Bertz CT molecular complexity index is 1280. The Kier molecular flexibility index (Phi) is 8.08. The third kappa shape index (κ3) is 5.54. The Morgan fingerprint density at radius 3 is 2.47 bits per heavy atom. The van der Waals surface area contributed by atoms with Crippen LogP contribution in [0.15, 0.2) is 65.6 Å². The first-order chi connectivity index (χ1) is 16.4. The normalized spacial score (nSPS) is 14.7. The molecule has 0 N–H and O–H groups in total. The zero-order valence-electron chi connectivity index (χ0n) is 17.9. The highest BCUT2D eigenvalue weighted by Gasteiger charge is 2.36. The lowest BCUT2D eigenvalue weighted by Crippen LogP contribution is -2.27. The molecule has 3 aromatic carbocycles. The van der Waals surface area contributed by atoms with Crippen LogP contribution in [0.2, 0.25) is 10.0 Å². The fraction of sp³-hybridized carbons (Fsp3) is 0.120. The molecule has 1 fully saturated rings. The van der Waals surface area contributed by atoms with Gasteiger partial charge in [0, 0.05) is 15.6 Å². The molecule has 1 heterocycles. The molecule has 0 bridgehead atoms. The van der Waals surface area contributed by atoms with Crippen LogP contribution in [0, 0.1) is 3.57 Å². The van der Waals surface area contributed by atoms with Crippen LogP contribution in [-0.4, -0.2) is 17.8 Å². The third-order valence-electron chi connectivity index (χ3n) is 4.84. The van der Waals surface area contributed by atoms with Crippen molar-refractivity contribution in [2.45, 2.75) is 13.5 Å². The van der Waals surface area contributed by atoms with Gasteiger partial charge in [-0.3, -0.25) is 9.59 Å².